The summed E-state index contributed by atoms with van der Waals surface area (Å²) in [6, 6.07) is 0. The molecule has 146 valence electrons. The Morgan fingerprint density at radius 1 is 0.960 bits per heavy atom. The Morgan fingerprint density at radius 3 is 2.28 bits per heavy atom. The largest absolute Gasteiger partial charge is 0.396 e. The molecular formula is C20H36O5. The molecule has 7 atom stereocenters. The molecule has 0 bridgehead atoms. The molecule has 0 amide bonds. The average molecular weight is 357 g/mol. The number of ether oxygens (including phenoxy) is 1. The standard InChI is InChI=1S/C20H36O5/c1-14-4-5-15-17(2,12-22)16(24)6-7-18(15,3)20(14)9-8-19(13-23,25-20)10-11-21/h14-16,21-24H,4-13H2,1-3H3/t14-,15+,16+,17+,18+,19+,20-/m1/s1. The van der Waals surface area contributed by atoms with Gasteiger partial charge in [0.1, 0.15) is 0 Å². The molecule has 3 fully saturated rings. The third-order valence-electron chi connectivity index (χ3n) is 8.46. The molecule has 2 saturated carbocycles. The fourth-order valence-electron chi connectivity index (χ4n) is 6.70. The lowest BCUT2D eigenvalue weighted by atomic mass is 9.43. The molecule has 3 aliphatic rings. The van der Waals surface area contributed by atoms with Crippen LogP contribution in [0.25, 0.3) is 0 Å². The molecule has 3 rings (SSSR count). The van der Waals surface area contributed by atoms with Crippen LogP contribution in [0.3, 0.4) is 0 Å². The Morgan fingerprint density at radius 2 is 1.68 bits per heavy atom. The van der Waals surface area contributed by atoms with Crippen LogP contribution in [0.1, 0.15) is 65.7 Å². The van der Waals surface area contributed by atoms with Gasteiger partial charge in [0, 0.05) is 23.9 Å². The van der Waals surface area contributed by atoms with Crippen molar-refractivity contribution in [2.45, 2.75) is 83.0 Å². The SMILES string of the molecule is C[C@@H]1CC[C@H]2[C@](C)(CO)[C@@H](O)CC[C@]2(C)[C@@]12CC[C@@](CO)(CCO)O2. The maximum atomic E-state index is 10.6. The molecule has 25 heavy (non-hydrogen) atoms. The summed E-state index contributed by atoms with van der Waals surface area (Å²) in [4.78, 5) is 0. The summed E-state index contributed by atoms with van der Waals surface area (Å²) in [5, 5.41) is 40.2. The van der Waals surface area contributed by atoms with E-state index in [1.165, 1.54) is 0 Å². The van der Waals surface area contributed by atoms with E-state index in [1.807, 2.05) is 6.92 Å². The van der Waals surface area contributed by atoms with E-state index in [1.54, 1.807) is 0 Å². The van der Waals surface area contributed by atoms with Gasteiger partial charge in [0.2, 0.25) is 0 Å². The second-order valence-electron chi connectivity index (χ2n) is 9.47. The Balaban J connectivity index is 2.02. The highest BCUT2D eigenvalue weighted by molar-refractivity contribution is 5.17. The van der Waals surface area contributed by atoms with Crippen LogP contribution in [-0.4, -0.2) is 57.6 Å². The fourth-order valence-corrected chi connectivity index (χ4v) is 6.70. The molecule has 0 aromatic carbocycles. The number of fused-ring (bicyclic) bond motifs is 2. The summed E-state index contributed by atoms with van der Waals surface area (Å²) < 4.78 is 6.75. The van der Waals surface area contributed by atoms with Crippen molar-refractivity contribution in [2.75, 3.05) is 19.8 Å². The molecule has 2 aliphatic carbocycles. The highest BCUT2D eigenvalue weighted by Crippen LogP contribution is 2.67. The number of hydrogen-bond donors (Lipinski definition) is 4. The lowest BCUT2D eigenvalue weighted by Gasteiger charge is -2.65. The lowest BCUT2D eigenvalue weighted by Crippen LogP contribution is -2.66. The van der Waals surface area contributed by atoms with Gasteiger partial charge in [0.25, 0.3) is 0 Å². The molecule has 4 N–H and O–H groups in total. The first kappa shape index (κ1) is 19.6. The molecule has 1 spiro atoms. The van der Waals surface area contributed by atoms with Crippen molar-refractivity contribution in [3.05, 3.63) is 0 Å². The first-order valence-electron chi connectivity index (χ1n) is 9.94. The Labute approximate surface area is 151 Å². The highest BCUT2D eigenvalue weighted by atomic mass is 16.5. The molecule has 0 radical (unpaired) electrons. The smallest absolute Gasteiger partial charge is 0.0942 e. The Kier molecular flexibility index (Phi) is 5.05. The third-order valence-corrected chi connectivity index (χ3v) is 8.46. The zero-order valence-electron chi connectivity index (χ0n) is 16.0. The number of aliphatic hydroxyl groups is 4. The quantitative estimate of drug-likeness (QED) is 0.617. The van der Waals surface area contributed by atoms with Crippen molar-refractivity contribution in [1.82, 2.24) is 0 Å². The molecule has 1 aliphatic heterocycles. The van der Waals surface area contributed by atoms with Crippen molar-refractivity contribution in [3.63, 3.8) is 0 Å². The van der Waals surface area contributed by atoms with E-state index >= 15 is 0 Å². The second-order valence-corrected chi connectivity index (χ2v) is 9.47. The predicted molar refractivity (Wildman–Crippen MR) is 95.0 cm³/mol. The van der Waals surface area contributed by atoms with E-state index in [9.17, 15) is 20.4 Å². The van der Waals surface area contributed by atoms with E-state index in [2.05, 4.69) is 13.8 Å². The zero-order valence-corrected chi connectivity index (χ0v) is 16.0. The minimum Gasteiger partial charge on any atom is -0.396 e. The summed E-state index contributed by atoms with van der Waals surface area (Å²) >= 11 is 0. The highest BCUT2D eigenvalue weighted by Gasteiger charge is 2.68. The van der Waals surface area contributed by atoms with Crippen LogP contribution in [0.5, 0.6) is 0 Å². The van der Waals surface area contributed by atoms with Crippen LogP contribution in [0.2, 0.25) is 0 Å². The monoisotopic (exact) mass is 356 g/mol. The minimum atomic E-state index is -0.653. The topological polar surface area (TPSA) is 90.2 Å². The van der Waals surface area contributed by atoms with E-state index in [4.69, 9.17) is 4.74 Å². The molecule has 0 aromatic rings. The van der Waals surface area contributed by atoms with Gasteiger partial charge in [-0.25, -0.2) is 0 Å². The molecule has 0 aromatic heterocycles. The first-order valence-corrected chi connectivity index (χ1v) is 9.94. The molecule has 5 nitrogen and oxygen atoms in total. The van der Waals surface area contributed by atoms with Gasteiger partial charge in [-0.2, -0.15) is 0 Å². The van der Waals surface area contributed by atoms with E-state index < -0.39 is 17.1 Å². The van der Waals surface area contributed by atoms with Gasteiger partial charge in [-0.3, -0.25) is 0 Å². The maximum Gasteiger partial charge on any atom is 0.0942 e. The van der Waals surface area contributed by atoms with Gasteiger partial charge in [-0.1, -0.05) is 20.8 Å². The van der Waals surface area contributed by atoms with E-state index in [0.717, 1.165) is 32.1 Å². The first-order chi connectivity index (χ1) is 11.7. The summed E-state index contributed by atoms with van der Waals surface area (Å²) in [6.45, 7) is 6.47. The van der Waals surface area contributed by atoms with Crippen molar-refractivity contribution >= 4 is 0 Å². The maximum absolute atomic E-state index is 10.6. The predicted octanol–water partition coefficient (Wildman–Crippen LogP) is 1.85. The normalized spacial score (nSPS) is 53.2. The summed E-state index contributed by atoms with van der Waals surface area (Å²) in [6.07, 6.45) is 5.15. The van der Waals surface area contributed by atoms with Gasteiger partial charge < -0.3 is 25.2 Å². The molecular weight excluding hydrogens is 320 g/mol. The van der Waals surface area contributed by atoms with Crippen molar-refractivity contribution in [2.24, 2.45) is 22.7 Å². The fraction of sp³-hybridized carbons (Fsp3) is 1.00. The minimum absolute atomic E-state index is 0.0121. The van der Waals surface area contributed by atoms with Gasteiger partial charge in [0.05, 0.1) is 30.5 Å². The molecule has 1 saturated heterocycles. The van der Waals surface area contributed by atoms with Gasteiger partial charge >= 0.3 is 0 Å². The van der Waals surface area contributed by atoms with Crippen LogP contribution < -0.4 is 0 Å². The summed E-state index contributed by atoms with van der Waals surface area (Å²) in [7, 11) is 0. The lowest BCUT2D eigenvalue weighted by molar-refractivity contribution is -0.272. The number of rotatable bonds is 4. The van der Waals surface area contributed by atoms with E-state index in [0.29, 0.717) is 18.8 Å². The summed E-state index contributed by atoms with van der Waals surface area (Å²) in [5.41, 5.74) is -1.66. The average Bonchev–Trinajstić information content (AvgIpc) is 2.99. The van der Waals surface area contributed by atoms with Crippen LogP contribution in [0.4, 0.5) is 0 Å². The zero-order chi connectivity index (χ0) is 18.5. The van der Waals surface area contributed by atoms with Gasteiger partial charge in [0.15, 0.2) is 0 Å². The van der Waals surface area contributed by atoms with Gasteiger partial charge in [-0.15, -0.1) is 0 Å². The van der Waals surface area contributed by atoms with Crippen molar-refractivity contribution in [1.29, 1.82) is 0 Å². The third kappa shape index (κ3) is 2.53. The van der Waals surface area contributed by atoms with Crippen LogP contribution in [-0.2, 0) is 4.74 Å². The molecule has 0 unspecified atom stereocenters. The Bertz CT molecular complexity index is 498. The van der Waals surface area contributed by atoms with Crippen LogP contribution >= 0.6 is 0 Å². The second kappa shape index (κ2) is 6.45. The Hall–Kier alpha value is -0.200. The van der Waals surface area contributed by atoms with Crippen LogP contribution in [0.15, 0.2) is 0 Å². The molecule has 1 heterocycles. The number of aliphatic hydroxyl groups excluding tert-OH is 4. The number of hydrogen-bond acceptors (Lipinski definition) is 5. The van der Waals surface area contributed by atoms with Crippen LogP contribution in [0, 0.1) is 22.7 Å². The van der Waals surface area contributed by atoms with Crippen molar-refractivity contribution < 1.29 is 25.2 Å². The van der Waals surface area contributed by atoms with Gasteiger partial charge in [-0.05, 0) is 50.4 Å². The summed E-state index contributed by atoms with van der Waals surface area (Å²) in [5.74, 6) is 0.549. The molecule has 5 heteroatoms. The van der Waals surface area contributed by atoms with E-state index in [-0.39, 0.29) is 36.8 Å². The van der Waals surface area contributed by atoms with Crippen molar-refractivity contribution in [3.8, 4) is 0 Å².